The molecule has 2 fully saturated rings. The molecule has 0 bridgehead atoms. The fourth-order valence-corrected chi connectivity index (χ4v) is 3.26. The third-order valence-electron chi connectivity index (χ3n) is 4.36. The summed E-state index contributed by atoms with van der Waals surface area (Å²) >= 11 is 5.99. The molecule has 2 saturated heterocycles. The van der Waals surface area contributed by atoms with Gasteiger partial charge in [0.15, 0.2) is 0 Å². The Balaban J connectivity index is 1.80. The number of nitrogens with zero attached hydrogens (tertiary/aromatic N) is 2. The first-order valence-electron chi connectivity index (χ1n) is 7.81. The van der Waals surface area contributed by atoms with Crippen LogP contribution in [0.3, 0.4) is 0 Å². The second-order valence-electron chi connectivity index (χ2n) is 6.01. The molecule has 2 aliphatic heterocycles. The average molecular weight is 377 g/mol. The van der Waals surface area contributed by atoms with Gasteiger partial charge in [-0.15, -0.1) is 0 Å². The molecular formula is C16H16ClF3N2O3. The normalized spacial score (nSPS) is 21.8. The molecule has 5 nitrogen and oxygen atoms in total. The molecule has 3 rings (SSSR count). The van der Waals surface area contributed by atoms with Crippen molar-refractivity contribution in [3.63, 3.8) is 0 Å². The van der Waals surface area contributed by atoms with Crippen LogP contribution in [0.25, 0.3) is 0 Å². The van der Waals surface area contributed by atoms with Crippen molar-refractivity contribution in [2.24, 2.45) is 5.92 Å². The number of halogens is 4. The summed E-state index contributed by atoms with van der Waals surface area (Å²) in [4.78, 5) is 27.6. The van der Waals surface area contributed by atoms with E-state index in [-0.39, 0.29) is 29.6 Å². The number of rotatable bonds is 2. The van der Waals surface area contributed by atoms with Crippen molar-refractivity contribution in [1.82, 2.24) is 4.90 Å². The predicted molar refractivity (Wildman–Crippen MR) is 84.3 cm³/mol. The lowest BCUT2D eigenvalue weighted by Gasteiger charge is -2.29. The van der Waals surface area contributed by atoms with E-state index in [4.69, 9.17) is 16.3 Å². The van der Waals surface area contributed by atoms with Crippen LogP contribution in [0.5, 0.6) is 0 Å². The number of morpholine rings is 1. The maximum atomic E-state index is 12.9. The molecule has 2 aliphatic rings. The second kappa shape index (κ2) is 6.84. The zero-order chi connectivity index (χ0) is 18.2. The third kappa shape index (κ3) is 3.74. The first-order chi connectivity index (χ1) is 11.8. The van der Waals surface area contributed by atoms with Crippen LogP contribution in [-0.4, -0.2) is 49.6 Å². The lowest BCUT2D eigenvalue weighted by molar-refractivity contribution is -0.139. The molecule has 2 amide bonds. The Labute approximate surface area is 147 Å². The van der Waals surface area contributed by atoms with Crippen molar-refractivity contribution in [2.75, 3.05) is 37.7 Å². The maximum absolute atomic E-state index is 12.9. The van der Waals surface area contributed by atoms with Crippen LogP contribution in [0.15, 0.2) is 18.2 Å². The largest absolute Gasteiger partial charge is 0.416 e. The first kappa shape index (κ1) is 18.0. The van der Waals surface area contributed by atoms with E-state index in [1.165, 1.54) is 4.90 Å². The van der Waals surface area contributed by atoms with Gasteiger partial charge >= 0.3 is 6.18 Å². The van der Waals surface area contributed by atoms with Crippen molar-refractivity contribution in [1.29, 1.82) is 0 Å². The van der Waals surface area contributed by atoms with Crippen LogP contribution >= 0.6 is 11.6 Å². The molecule has 136 valence electrons. The highest BCUT2D eigenvalue weighted by atomic mass is 35.5. The van der Waals surface area contributed by atoms with Gasteiger partial charge in [-0.2, -0.15) is 13.2 Å². The van der Waals surface area contributed by atoms with Gasteiger partial charge in [-0.25, -0.2) is 0 Å². The van der Waals surface area contributed by atoms with E-state index in [2.05, 4.69) is 0 Å². The fourth-order valence-electron chi connectivity index (χ4n) is 3.04. The summed E-state index contributed by atoms with van der Waals surface area (Å²) in [7, 11) is 0. The van der Waals surface area contributed by atoms with E-state index in [9.17, 15) is 22.8 Å². The van der Waals surface area contributed by atoms with Gasteiger partial charge in [-0.3, -0.25) is 9.59 Å². The van der Waals surface area contributed by atoms with Gasteiger partial charge in [0.2, 0.25) is 11.8 Å². The molecule has 0 spiro atoms. The molecular weight excluding hydrogens is 361 g/mol. The highest BCUT2D eigenvalue weighted by Gasteiger charge is 2.39. The lowest BCUT2D eigenvalue weighted by Crippen LogP contribution is -2.44. The number of amides is 2. The smallest absolute Gasteiger partial charge is 0.378 e. The van der Waals surface area contributed by atoms with Gasteiger partial charge in [-0.05, 0) is 18.2 Å². The molecule has 2 heterocycles. The van der Waals surface area contributed by atoms with Crippen molar-refractivity contribution in [3.8, 4) is 0 Å². The fraction of sp³-hybridized carbons (Fsp3) is 0.500. The quantitative estimate of drug-likeness (QED) is 0.797. The van der Waals surface area contributed by atoms with Gasteiger partial charge in [0.1, 0.15) is 0 Å². The Morgan fingerprint density at radius 3 is 2.56 bits per heavy atom. The Morgan fingerprint density at radius 1 is 1.24 bits per heavy atom. The molecule has 1 aromatic carbocycles. The standard InChI is InChI=1S/C16H16ClF3N2O3/c17-12-2-1-11(16(18,19)20)8-13(12)22-9-10(7-14(22)23)15(24)21-3-5-25-6-4-21/h1-2,8,10H,3-7,9H2. The van der Waals surface area contributed by atoms with E-state index in [1.54, 1.807) is 4.90 Å². The zero-order valence-electron chi connectivity index (χ0n) is 13.2. The Kier molecular flexibility index (Phi) is 4.92. The topological polar surface area (TPSA) is 49.9 Å². The number of carbonyl (C=O) groups excluding carboxylic acids is 2. The molecule has 1 unspecified atom stereocenters. The van der Waals surface area contributed by atoms with Crippen LogP contribution < -0.4 is 4.90 Å². The van der Waals surface area contributed by atoms with E-state index < -0.39 is 23.6 Å². The van der Waals surface area contributed by atoms with E-state index >= 15 is 0 Å². The summed E-state index contributed by atoms with van der Waals surface area (Å²) in [6, 6.07) is 2.83. The predicted octanol–water partition coefficient (Wildman–Crippen LogP) is 2.57. The molecule has 9 heteroatoms. The molecule has 0 saturated carbocycles. The Bertz CT molecular complexity index is 690. The summed E-state index contributed by atoms with van der Waals surface area (Å²) in [5.41, 5.74) is -0.901. The Morgan fingerprint density at radius 2 is 1.92 bits per heavy atom. The number of benzene rings is 1. The van der Waals surface area contributed by atoms with Crippen molar-refractivity contribution >= 4 is 29.1 Å². The number of alkyl halides is 3. The SMILES string of the molecule is O=C(C1CC(=O)N(c2cc(C(F)(F)F)ccc2Cl)C1)N1CCOCC1. The van der Waals surface area contributed by atoms with Crippen LogP contribution in [0.4, 0.5) is 18.9 Å². The summed E-state index contributed by atoms with van der Waals surface area (Å²) in [5.74, 6) is -1.17. The molecule has 0 N–H and O–H groups in total. The number of hydrogen-bond donors (Lipinski definition) is 0. The minimum absolute atomic E-state index is 0.0150. The highest BCUT2D eigenvalue weighted by Crippen LogP contribution is 2.37. The minimum atomic E-state index is -4.54. The second-order valence-corrected chi connectivity index (χ2v) is 6.41. The van der Waals surface area contributed by atoms with Crippen LogP contribution in [0, 0.1) is 5.92 Å². The van der Waals surface area contributed by atoms with Gasteiger partial charge in [-0.1, -0.05) is 11.6 Å². The molecule has 1 atom stereocenters. The highest BCUT2D eigenvalue weighted by molar-refractivity contribution is 6.34. The summed E-state index contributed by atoms with van der Waals surface area (Å²) in [6.07, 6.45) is -4.58. The van der Waals surface area contributed by atoms with E-state index in [1.807, 2.05) is 0 Å². The van der Waals surface area contributed by atoms with Crippen LogP contribution in [-0.2, 0) is 20.5 Å². The van der Waals surface area contributed by atoms with Crippen molar-refractivity contribution < 1.29 is 27.5 Å². The first-order valence-corrected chi connectivity index (χ1v) is 8.19. The summed E-state index contributed by atoms with van der Waals surface area (Å²) in [5, 5.41) is 0.0424. The number of carbonyl (C=O) groups is 2. The molecule has 0 aromatic heterocycles. The van der Waals surface area contributed by atoms with Crippen molar-refractivity contribution in [3.05, 3.63) is 28.8 Å². The Hall–Kier alpha value is -1.80. The molecule has 1 aromatic rings. The minimum Gasteiger partial charge on any atom is -0.378 e. The molecule has 0 radical (unpaired) electrons. The van der Waals surface area contributed by atoms with E-state index in [0.717, 1.165) is 18.2 Å². The summed E-state index contributed by atoms with van der Waals surface area (Å²) in [6.45, 7) is 1.81. The summed E-state index contributed by atoms with van der Waals surface area (Å²) < 4.78 is 43.9. The van der Waals surface area contributed by atoms with Gasteiger partial charge < -0.3 is 14.5 Å². The van der Waals surface area contributed by atoms with E-state index in [0.29, 0.717) is 26.3 Å². The van der Waals surface area contributed by atoms with Crippen molar-refractivity contribution in [2.45, 2.75) is 12.6 Å². The third-order valence-corrected chi connectivity index (χ3v) is 4.68. The molecule has 25 heavy (non-hydrogen) atoms. The number of anilines is 1. The monoisotopic (exact) mass is 376 g/mol. The maximum Gasteiger partial charge on any atom is 0.416 e. The van der Waals surface area contributed by atoms with Crippen LogP contribution in [0.2, 0.25) is 5.02 Å². The lowest BCUT2D eigenvalue weighted by atomic mass is 10.1. The average Bonchev–Trinajstić information content (AvgIpc) is 2.96. The molecule has 0 aliphatic carbocycles. The van der Waals surface area contributed by atoms with Gasteiger partial charge in [0, 0.05) is 26.1 Å². The van der Waals surface area contributed by atoms with Gasteiger partial charge in [0.25, 0.3) is 0 Å². The van der Waals surface area contributed by atoms with Gasteiger partial charge in [0.05, 0.1) is 35.4 Å². The van der Waals surface area contributed by atoms with Crippen LogP contribution in [0.1, 0.15) is 12.0 Å². The number of hydrogen-bond acceptors (Lipinski definition) is 3. The number of ether oxygens (including phenoxy) is 1. The zero-order valence-corrected chi connectivity index (χ0v) is 13.9.